The van der Waals surface area contributed by atoms with Gasteiger partial charge >= 0.3 is 5.97 Å². The minimum atomic E-state index is -0.501. The van der Waals surface area contributed by atoms with Crippen LogP contribution in [0.25, 0.3) is 0 Å². The molecule has 0 saturated carbocycles. The molecule has 0 spiro atoms. The highest BCUT2D eigenvalue weighted by atomic mass is 16.7. The molecule has 1 heterocycles. The zero-order valence-corrected chi connectivity index (χ0v) is 12.0. The van der Waals surface area contributed by atoms with Crippen molar-refractivity contribution in [3.8, 4) is 5.75 Å². The van der Waals surface area contributed by atoms with E-state index in [0.717, 1.165) is 0 Å². The third kappa shape index (κ3) is 3.95. The molecule has 1 fully saturated rings. The van der Waals surface area contributed by atoms with Gasteiger partial charge in [-0.15, -0.1) is 0 Å². The summed E-state index contributed by atoms with van der Waals surface area (Å²) >= 11 is 0. The SMILES string of the molecule is COC(=O)c1ccc(OCC2COC(C)(C)OC2)cc1. The molecule has 0 bridgehead atoms. The van der Waals surface area contributed by atoms with Gasteiger partial charge in [0.15, 0.2) is 5.79 Å². The minimum Gasteiger partial charge on any atom is -0.493 e. The molecule has 0 unspecified atom stereocenters. The standard InChI is InChI=1S/C15H20O5/c1-15(2)19-9-11(10-20-15)8-18-13-6-4-12(5-7-13)14(16)17-3/h4-7,11H,8-10H2,1-3H3. The predicted octanol–water partition coefficient (Wildman–Crippen LogP) is 2.25. The average molecular weight is 280 g/mol. The van der Waals surface area contributed by atoms with Crippen molar-refractivity contribution >= 4 is 5.97 Å². The molecule has 1 aliphatic heterocycles. The summed E-state index contributed by atoms with van der Waals surface area (Å²) in [6.07, 6.45) is 0. The fourth-order valence-electron chi connectivity index (χ4n) is 1.84. The Hall–Kier alpha value is -1.59. The maximum absolute atomic E-state index is 11.3. The van der Waals surface area contributed by atoms with Gasteiger partial charge in [-0.3, -0.25) is 0 Å². The van der Waals surface area contributed by atoms with Gasteiger partial charge in [-0.1, -0.05) is 0 Å². The Morgan fingerprint density at radius 2 is 1.85 bits per heavy atom. The summed E-state index contributed by atoms with van der Waals surface area (Å²) in [7, 11) is 1.36. The van der Waals surface area contributed by atoms with E-state index in [-0.39, 0.29) is 11.9 Å². The zero-order valence-electron chi connectivity index (χ0n) is 12.0. The highest BCUT2D eigenvalue weighted by Gasteiger charge is 2.28. The van der Waals surface area contributed by atoms with Crippen LogP contribution in [0.3, 0.4) is 0 Å². The molecule has 1 aromatic rings. The van der Waals surface area contributed by atoms with Gasteiger partial charge in [-0.05, 0) is 38.1 Å². The Morgan fingerprint density at radius 1 is 1.25 bits per heavy atom. The van der Waals surface area contributed by atoms with Crippen molar-refractivity contribution in [2.24, 2.45) is 5.92 Å². The first kappa shape index (κ1) is 14.8. The fraction of sp³-hybridized carbons (Fsp3) is 0.533. The summed E-state index contributed by atoms with van der Waals surface area (Å²) < 4.78 is 21.4. The largest absolute Gasteiger partial charge is 0.493 e. The summed E-state index contributed by atoms with van der Waals surface area (Å²) in [6.45, 7) is 5.55. The zero-order chi connectivity index (χ0) is 14.6. The molecule has 1 saturated heterocycles. The van der Waals surface area contributed by atoms with Crippen LogP contribution >= 0.6 is 0 Å². The van der Waals surface area contributed by atoms with Crippen molar-refractivity contribution in [1.82, 2.24) is 0 Å². The first-order valence-electron chi connectivity index (χ1n) is 6.59. The van der Waals surface area contributed by atoms with Crippen molar-refractivity contribution in [3.63, 3.8) is 0 Å². The highest BCUT2D eigenvalue weighted by Crippen LogP contribution is 2.21. The van der Waals surface area contributed by atoms with E-state index in [2.05, 4.69) is 4.74 Å². The van der Waals surface area contributed by atoms with E-state index >= 15 is 0 Å². The van der Waals surface area contributed by atoms with Crippen LogP contribution in [0.4, 0.5) is 0 Å². The molecule has 110 valence electrons. The van der Waals surface area contributed by atoms with Gasteiger partial charge in [0.1, 0.15) is 5.75 Å². The highest BCUT2D eigenvalue weighted by molar-refractivity contribution is 5.89. The number of methoxy groups -OCH3 is 1. The maximum atomic E-state index is 11.3. The van der Waals surface area contributed by atoms with Gasteiger partial charge in [0, 0.05) is 5.92 Å². The van der Waals surface area contributed by atoms with Crippen LogP contribution in [0, 0.1) is 5.92 Å². The predicted molar refractivity (Wildman–Crippen MR) is 72.7 cm³/mol. The molecule has 0 radical (unpaired) electrons. The molecule has 0 aromatic heterocycles. The first-order chi connectivity index (χ1) is 9.50. The second-order valence-electron chi connectivity index (χ2n) is 5.21. The molecule has 0 aliphatic carbocycles. The van der Waals surface area contributed by atoms with E-state index in [9.17, 15) is 4.79 Å². The monoisotopic (exact) mass is 280 g/mol. The Morgan fingerprint density at radius 3 is 2.40 bits per heavy atom. The van der Waals surface area contributed by atoms with Gasteiger partial charge in [-0.25, -0.2) is 4.79 Å². The lowest BCUT2D eigenvalue weighted by Crippen LogP contribution is -2.41. The van der Waals surface area contributed by atoms with E-state index in [0.29, 0.717) is 31.1 Å². The lowest BCUT2D eigenvalue weighted by atomic mass is 10.1. The second kappa shape index (κ2) is 6.24. The van der Waals surface area contributed by atoms with Gasteiger partial charge in [0.05, 0.1) is 32.5 Å². The lowest BCUT2D eigenvalue weighted by Gasteiger charge is -2.34. The van der Waals surface area contributed by atoms with Crippen molar-refractivity contribution in [2.75, 3.05) is 26.9 Å². The number of carbonyl (C=O) groups excluding carboxylic acids is 1. The molecule has 1 aliphatic rings. The number of rotatable bonds is 4. The first-order valence-corrected chi connectivity index (χ1v) is 6.59. The quantitative estimate of drug-likeness (QED) is 0.792. The number of esters is 1. The third-order valence-electron chi connectivity index (χ3n) is 3.09. The molecule has 2 rings (SSSR count). The van der Waals surface area contributed by atoms with Crippen LogP contribution < -0.4 is 4.74 Å². The lowest BCUT2D eigenvalue weighted by molar-refractivity contribution is -0.264. The van der Waals surface area contributed by atoms with E-state index in [4.69, 9.17) is 14.2 Å². The van der Waals surface area contributed by atoms with Crippen molar-refractivity contribution in [1.29, 1.82) is 0 Å². The third-order valence-corrected chi connectivity index (χ3v) is 3.09. The normalized spacial score (nSPS) is 18.6. The van der Waals surface area contributed by atoms with E-state index < -0.39 is 5.79 Å². The van der Waals surface area contributed by atoms with Crippen molar-refractivity contribution < 1.29 is 23.7 Å². The molecule has 0 N–H and O–H groups in total. The molecular formula is C15H20O5. The van der Waals surface area contributed by atoms with Crippen molar-refractivity contribution in [2.45, 2.75) is 19.6 Å². The Balaban J connectivity index is 1.81. The average Bonchev–Trinajstić information content (AvgIpc) is 2.46. The van der Waals surface area contributed by atoms with Crippen LogP contribution in [0.1, 0.15) is 24.2 Å². The molecule has 1 aromatic carbocycles. The Bertz CT molecular complexity index is 442. The number of ether oxygens (including phenoxy) is 4. The molecule has 5 nitrogen and oxygen atoms in total. The second-order valence-corrected chi connectivity index (χ2v) is 5.21. The Kier molecular flexibility index (Phi) is 4.62. The van der Waals surface area contributed by atoms with Crippen LogP contribution in [0.5, 0.6) is 5.75 Å². The van der Waals surface area contributed by atoms with Crippen LogP contribution in [-0.2, 0) is 14.2 Å². The van der Waals surface area contributed by atoms with Gasteiger partial charge in [0.25, 0.3) is 0 Å². The number of hydrogen-bond donors (Lipinski definition) is 0. The van der Waals surface area contributed by atoms with Crippen LogP contribution in [0.2, 0.25) is 0 Å². The fourth-order valence-corrected chi connectivity index (χ4v) is 1.84. The number of carbonyl (C=O) groups is 1. The van der Waals surface area contributed by atoms with Gasteiger partial charge < -0.3 is 18.9 Å². The maximum Gasteiger partial charge on any atom is 0.337 e. The molecule has 5 heteroatoms. The van der Waals surface area contributed by atoms with Gasteiger partial charge in [0.2, 0.25) is 0 Å². The summed E-state index contributed by atoms with van der Waals surface area (Å²) in [5, 5.41) is 0. The summed E-state index contributed by atoms with van der Waals surface area (Å²) in [6, 6.07) is 6.86. The summed E-state index contributed by atoms with van der Waals surface area (Å²) in [4.78, 5) is 11.3. The van der Waals surface area contributed by atoms with Crippen LogP contribution in [0.15, 0.2) is 24.3 Å². The molecule has 0 amide bonds. The Labute approximate surface area is 118 Å². The van der Waals surface area contributed by atoms with E-state index in [1.165, 1.54) is 7.11 Å². The topological polar surface area (TPSA) is 54.0 Å². The summed E-state index contributed by atoms with van der Waals surface area (Å²) in [5.41, 5.74) is 0.505. The van der Waals surface area contributed by atoms with Crippen molar-refractivity contribution in [3.05, 3.63) is 29.8 Å². The number of benzene rings is 1. The number of hydrogen-bond acceptors (Lipinski definition) is 5. The van der Waals surface area contributed by atoms with Crippen LogP contribution in [-0.4, -0.2) is 38.7 Å². The summed E-state index contributed by atoms with van der Waals surface area (Å²) in [5.74, 6) is 0.0669. The molecule has 20 heavy (non-hydrogen) atoms. The molecular weight excluding hydrogens is 260 g/mol. The smallest absolute Gasteiger partial charge is 0.337 e. The molecule has 0 atom stereocenters. The minimum absolute atomic E-state index is 0.211. The van der Waals surface area contributed by atoms with E-state index in [1.807, 2.05) is 13.8 Å². The van der Waals surface area contributed by atoms with Gasteiger partial charge in [-0.2, -0.15) is 0 Å². The van der Waals surface area contributed by atoms with E-state index in [1.54, 1.807) is 24.3 Å².